The zero-order chi connectivity index (χ0) is 19.5. The topological polar surface area (TPSA) is 67.4 Å². The monoisotopic (exact) mass is 368 g/mol. The second-order valence-corrected chi connectivity index (χ2v) is 6.40. The molecule has 0 aliphatic heterocycles. The van der Waals surface area contributed by atoms with Crippen LogP contribution < -0.4 is 15.4 Å². The van der Waals surface area contributed by atoms with Gasteiger partial charge >= 0.3 is 0 Å². The first-order chi connectivity index (χ1) is 13.1. The summed E-state index contributed by atoms with van der Waals surface area (Å²) in [6, 6.07) is 14.6. The molecule has 0 fully saturated rings. The fourth-order valence-electron chi connectivity index (χ4n) is 2.73. The van der Waals surface area contributed by atoms with Crippen LogP contribution in [0.15, 0.2) is 48.5 Å². The molecule has 0 unspecified atom stereocenters. The lowest BCUT2D eigenvalue weighted by atomic mass is 10.1. The summed E-state index contributed by atoms with van der Waals surface area (Å²) in [5.41, 5.74) is 2.09. The van der Waals surface area contributed by atoms with Gasteiger partial charge in [0.1, 0.15) is 5.75 Å². The number of hydrogen-bond acceptors (Lipinski definition) is 3. The van der Waals surface area contributed by atoms with Crippen LogP contribution in [-0.2, 0) is 6.42 Å². The molecular formula is C22H28N2O3. The van der Waals surface area contributed by atoms with Crippen molar-refractivity contribution in [2.75, 3.05) is 20.2 Å². The van der Waals surface area contributed by atoms with E-state index in [0.717, 1.165) is 30.6 Å². The van der Waals surface area contributed by atoms with Gasteiger partial charge in [0.05, 0.1) is 7.11 Å². The van der Waals surface area contributed by atoms with E-state index >= 15 is 0 Å². The van der Waals surface area contributed by atoms with Gasteiger partial charge in [-0.15, -0.1) is 0 Å². The summed E-state index contributed by atoms with van der Waals surface area (Å²) < 4.78 is 5.20. The normalized spacial score (nSPS) is 10.3. The van der Waals surface area contributed by atoms with E-state index in [1.165, 1.54) is 0 Å². The molecule has 2 amide bonds. The van der Waals surface area contributed by atoms with Crippen molar-refractivity contribution in [1.29, 1.82) is 0 Å². The third-order valence-electron chi connectivity index (χ3n) is 4.29. The SMILES string of the molecule is CCCCCNC(=O)c1cccc(C(=O)NCCc2cccc(OC)c2)c1. The molecule has 2 aromatic carbocycles. The molecule has 0 spiro atoms. The Morgan fingerprint density at radius 2 is 1.56 bits per heavy atom. The smallest absolute Gasteiger partial charge is 0.251 e. The summed E-state index contributed by atoms with van der Waals surface area (Å²) in [7, 11) is 1.63. The van der Waals surface area contributed by atoms with Gasteiger partial charge < -0.3 is 15.4 Å². The van der Waals surface area contributed by atoms with E-state index in [-0.39, 0.29) is 11.8 Å². The summed E-state index contributed by atoms with van der Waals surface area (Å²) in [6.45, 7) is 3.29. The van der Waals surface area contributed by atoms with Gasteiger partial charge in [0.25, 0.3) is 11.8 Å². The fourth-order valence-corrected chi connectivity index (χ4v) is 2.73. The first-order valence-corrected chi connectivity index (χ1v) is 9.43. The van der Waals surface area contributed by atoms with Crippen LogP contribution in [0.3, 0.4) is 0 Å². The number of ether oxygens (including phenoxy) is 1. The Hall–Kier alpha value is -2.82. The molecule has 0 aliphatic rings. The number of hydrogen-bond donors (Lipinski definition) is 2. The molecule has 0 bridgehead atoms. The van der Waals surface area contributed by atoms with Gasteiger partial charge in [-0.1, -0.05) is 38.0 Å². The molecule has 0 heterocycles. The maximum absolute atomic E-state index is 12.4. The van der Waals surface area contributed by atoms with Gasteiger partial charge in [0.2, 0.25) is 0 Å². The number of rotatable bonds is 10. The summed E-state index contributed by atoms with van der Waals surface area (Å²) in [5.74, 6) is 0.479. The average Bonchev–Trinajstić information content (AvgIpc) is 2.71. The molecule has 27 heavy (non-hydrogen) atoms. The number of carbonyl (C=O) groups is 2. The molecule has 0 atom stereocenters. The predicted molar refractivity (Wildman–Crippen MR) is 107 cm³/mol. The highest BCUT2D eigenvalue weighted by Gasteiger charge is 2.10. The molecule has 2 N–H and O–H groups in total. The van der Waals surface area contributed by atoms with Crippen molar-refractivity contribution in [3.05, 3.63) is 65.2 Å². The standard InChI is InChI=1S/C22H28N2O3/c1-3-4-5-13-23-21(25)18-9-7-10-19(16-18)22(26)24-14-12-17-8-6-11-20(15-17)27-2/h6-11,15-16H,3-5,12-14H2,1-2H3,(H,23,25)(H,24,26). The van der Waals surface area contributed by atoms with Crippen molar-refractivity contribution < 1.29 is 14.3 Å². The number of unbranched alkanes of at least 4 members (excludes halogenated alkanes) is 2. The van der Waals surface area contributed by atoms with Crippen molar-refractivity contribution in [3.8, 4) is 5.75 Å². The van der Waals surface area contributed by atoms with Crippen LogP contribution in [0.4, 0.5) is 0 Å². The molecule has 0 aromatic heterocycles. The minimum atomic E-state index is -0.182. The lowest BCUT2D eigenvalue weighted by molar-refractivity contribution is 0.0952. The van der Waals surface area contributed by atoms with Gasteiger partial charge in [-0.3, -0.25) is 9.59 Å². The minimum absolute atomic E-state index is 0.142. The fraction of sp³-hybridized carbons (Fsp3) is 0.364. The van der Waals surface area contributed by atoms with E-state index in [1.807, 2.05) is 24.3 Å². The van der Waals surface area contributed by atoms with Crippen molar-refractivity contribution in [2.24, 2.45) is 0 Å². The molecule has 0 saturated carbocycles. The Labute approximate surface area is 161 Å². The van der Waals surface area contributed by atoms with E-state index in [1.54, 1.807) is 31.4 Å². The second kappa shape index (κ2) is 11.0. The van der Waals surface area contributed by atoms with Gasteiger partial charge in [0, 0.05) is 24.2 Å². The van der Waals surface area contributed by atoms with Gasteiger partial charge in [-0.25, -0.2) is 0 Å². The van der Waals surface area contributed by atoms with E-state index < -0.39 is 0 Å². The molecular weight excluding hydrogens is 340 g/mol. The highest BCUT2D eigenvalue weighted by molar-refractivity contribution is 5.99. The Kier molecular flexibility index (Phi) is 8.36. The zero-order valence-corrected chi connectivity index (χ0v) is 16.1. The highest BCUT2D eigenvalue weighted by atomic mass is 16.5. The molecule has 2 rings (SSSR count). The molecule has 0 aliphatic carbocycles. The Morgan fingerprint density at radius 3 is 2.22 bits per heavy atom. The third-order valence-corrected chi connectivity index (χ3v) is 4.29. The number of amides is 2. The number of methoxy groups -OCH3 is 1. The Bertz CT molecular complexity index is 759. The van der Waals surface area contributed by atoms with Crippen LogP contribution in [0.2, 0.25) is 0 Å². The first-order valence-electron chi connectivity index (χ1n) is 9.43. The van der Waals surface area contributed by atoms with Crippen LogP contribution in [0.5, 0.6) is 5.75 Å². The molecule has 5 nitrogen and oxygen atoms in total. The van der Waals surface area contributed by atoms with Crippen molar-refractivity contribution >= 4 is 11.8 Å². The molecule has 2 aromatic rings. The van der Waals surface area contributed by atoms with Crippen LogP contribution in [0, 0.1) is 0 Å². The molecule has 0 radical (unpaired) electrons. The van der Waals surface area contributed by atoms with E-state index in [4.69, 9.17) is 4.74 Å². The van der Waals surface area contributed by atoms with Crippen molar-refractivity contribution in [1.82, 2.24) is 10.6 Å². The average molecular weight is 368 g/mol. The highest BCUT2D eigenvalue weighted by Crippen LogP contribution is 2.12. The van der Waals surface area contributed by atoms with E-state index in [0.29, 0.717) is 30.6 Å². The van der Waals surface area contributed by atoms with Crippen LogP contribution in [-0.4, -0.2) is 32.0 Å². The predicted octanol–water partition coefficient (Wildman–Crippen LogP) is 3.59. The number of carbonyl (C=O) groups excluding carboxylic acids is 2. The summed E-state index contributed by atoms with van der Waals surface area (Å²) in [4.78, 5) is 24.6. The maximum atomic E-state index is 12.4. The Balaban J connectivity index is 1.86. The maximum Gasteiger partial charge on any atom is 0.251 e. The zero-order valence-electron chi connectivity index (χ0n) is 16.1. The Morgan fingerprint density at radius 1 is 0.889 bits per heavy atom. The van der Waals surface area contributed by atoms with Crippen LogP contribution in [0.25, 0.3) is 0 Å². The summed E-state index contributed by atoms with van der Waals surface area (Å²) in [5, 5.41) is 5.79. The summed E-state index contributed by atoms with van der Waals surface area (Å²) >= 11 is 0. The van der Waals surface area contributed by atoms with Gasteiger partial charge in [0.15, 0.2) is 0 Å². The molecule has 144 valence electrons. The van der Waals surface area contributed by atoms with Crippen LogP contribution in [0.1, 0.15) is 52.5 Å². The minimum Gasteiger partial charge on any atom is -0.497 e. The number of nitrogens with one attached hydrogen (secondary N) is 2. The first kappa shape index (κ1) is 20.5. The van der Waals surface area contributed by atoms with Gasteiger partial charge in [-0.2, -0.15) is 0 Å². The van der Waals surface area contributed by atoms with Gasteiger partial charge in [-0.05, 0) is 48.7 Å². The van der Waals surface area contributed by atoms with E-state index in [9.17, 15) is 9.59 Å². The largest absolute Gasteiger partial charge is 0.497 e. The van der Waals surface area contributed by atoms with Crippen molar-refractivity contribution in [2.45, 2.75) is 32.6 Å². The lowest BCUT2D eigenvalue weighted by Crippen LogP contribution is -2.27. The quantitative estimate of drug-likeness (QED) is 0.630. The van der Waals surface area contributed by atoms with Crippen LogP contribution >= 0.6 is 0 Å². The summed E-state index contributed by atoms with van der Waals surface area (Å²) in [6.07, 6.45) is 3.88. The second-order valence-electron chi connectivity index (χ2n) is 6.40. The van der Waals surface area contributed by atoms with Crippen molar-refractivity contribution in [3.63, 3.8) is 0 Å². The lowest BCUT2D eigenvalue weighted by Gasteiger charge is -2.09. The molecule has 5 heteroatoms. The number of benzene rings is 2. The third kappa shape index (κ3) is 6.77. The van der Waals surface area contributed by atoms with E-state index in [2.05, 4.69) is 17.6 Å². The molecule has 0 saturated heterocycles.